The van der Waals surface area contributed by atoms with Crippen molar-refractivity contribution in [2.45, 2.75) is 70.0 Å². The molecule has 3 aliphatic rings. The van der Waals surface area contributed by atoms with Crippen molar-refractivity contribution in [2.75, 3.05) is 6.61 Å². The molecule has 0 aliphatic carbocycles. The van der Waals surface area contributed by atoms with Crippen LogP contribution in [0.5, 0.6) is 0 Å². The standard InChI is InChI=1S/C12H20O6/c1-11(2)15-7-6(5-13)14-10-9(8(7)16-11)17-12(3,4)18-10/h6-10,13H,5H2,1-4H3/t6-,7+,8+,9+,10+/m1/s1. The molecule has 3 aliphatic heterocycles. The van der Waals surface area contributed by atoms with Gasteiger partial charge in [-0.15, -0.1) is 0 Å². The first-order valence-corrected chi connectivity index (χ1v) is 6.29. The van der Waals surface area contributed by atoms with Crippen molar-refractivity contribution in [3.8, 4) is 0 Å². The van der Waals surface area contributed by atoms with Gasteiger partial charge in [-0.2, -0.15) is 0 Å². The van der Waals surface area contributed by atoms with Crippen LogP contribution in [0.2, 0.25) is 0 Å². The van der Waals surface area contributed by atoms with Crippen LogP contribution in [0, 0.1) is 0 Å². The average molecular weight is 260 g/mol. The van der Waals surface area contributed by atoms with Gasteiger partial charge in [0.15, 0.2) is 17.9 Å². The van der Waals surface area contributed by atoms with Gasteiger partial charge in [0, 0.05) is 0 Å². The molecule has 104 valence electrons. The van der Waals surface area contributed by atoms with Crippen molar-refractivity contribution in [3.05, 3.63) is 0 Å². The Labute approximate surface area is 106 Å². The normalized spacial score (nSPS) is 48.8. The van der Waals surface area contributed by atoms with E-state index in [1.165, 1.54) is 0 Å². The highest BCUT2D eigenvalue weighted by molar-refractivity contribution is 4.99. The summed E-state index contributed by atoms with van der Waals surface area (Å²) in [5, 5.41) is 9.40. The zero-order chi connectivity index (χ0) is 13.1. The Morgan fingerprint density at radius 2 is 1.39 bits per heavy atom. The molecule has 3 heterocycles. The monoisotopic (exact) mass is 260 g/mol. The maximum atomic E-state index is 9.40. The maximum Gasteiger partial charge on any atom is 0.190 e. The third kappa shape index (κ3) is 1.97. The van der Waals surface area contributed by atoms with Gasteiger partial charge in [0.2, 0.25) is 0 Å². The quantitative estimate of drug-likeness (QED) is 0.735. The minimum atomic E-state index is -0.708. The smallest absolute Gasteiger partial charge is 0.190 e. The molecule has 5 atom stereocenters. The fraction of sp³-hybridized carbons (Fsp3) is 1.00. The SMILES string of the molecule is CC1(C)O[C@@H]2O[C@H](CO)[C@@H]3OC(C)(C)O[C@@H]3[C@@H]2O1. The van der Waals surface area contributed by atoms with Gasteiger partial charge in [0.05, 0.1) is 6.61 Å². The van der Waals surface area contributed by atoms with E-state index in [0.29, 0.717) is 0 Å². The molecule has 0 amide bonds. The summed E-state index contributed by atoms with van der Waals surface area (Å²) < 4.78 is 28.9. The maximum absolute atomic E-state index is 9.40. The first-order valence-electron chi connectivity index (χ1n) is 6.29. The molecular formula is C12H20O6. The third-order valence-electron chi connectivity index (χ3n) is 3.43. The van der Waals surface area contributed by atoms with E-state index in [2.05, 4.69) is 0 Å². The van der Waals surface area contributed by atoms with Crippen molar-refractivity contribution < 1.29 is 28.8 Å². The molecule has 0 radical (unpaired) electrons. The lowest BCUT2D eigenvalue weighted by molar-refractivity contribution is -0.240. The molecule has 0 aromatic carbocycles. The molecule has 3 fully saturated rings. The minimum Gasteiger partial charge on any atom is -0.394 e. The van der Waals surface area contributed by atoms with E-state index in [0.717, 1.165) is 0 Å². The van der Waals surface area contributed by atoms with Crippen molar-refractivity contribution in [2.24, 2.45) is 0 Å². The van der Waals surface area contributed by atoms with Crippen LogP contribution in [0.3, 0.4) is 0 Å². The summed E-state index contributed by atoms with van der Waals surface area (Å²) in [7, 11) is 0. The predicted molar refractivity (Wildman–Crippen MR) is 59.6 cm³/mol. The van der Waals surface area contributed by atoms with Crippen molar-refractivity contribution in [1.82, 2.24) is 0 Å². The van der Waals surface area contributed by atoms with Gasteiger partial charge in [0.1, 0.15) is 24.4 Å². The van der Waals surface area contributed by atoms with Crippen molar-refractivity contribution in [1.29, 1.82) is 0 Å². The van der Waals surface area contributed by atoms with Gasteiger partial charge in [-0.1, -0.05) is 0 Å². The molecule has 0 spiro atoms. The highest BCUT2D eigenvalue weighted by Crippen LogP contribution is 2.43. The summed E-state index contributed by atoms with van der Waals surface area (Å²) in [6.07, 6.45) is -1.90. The first-order chi connectivity index (χ1) is 8.31. The van der Waals surface area contributed by atoms with Crippen LogP contribution in [-0.2, 0) is 23.7 Å². The van der Waals surface area contributed by atoms with E-state index in [1.54, 1.807) is 0 Å². The second kappa shape index (κ2) is 3.88. The van der Waals surface area contributed by atoms with Crippen molar-refractivity contribution >= 4 is 0 Å². The van der Waals surface area contributed by atoms with E-state index in [-0.39, 0.29) is 24.9 Å². The highest BCUT2D eigenvalue weighted by atomic mass is 16.9. The number of hydrogen-bond donors (Lipinski definition) is 1. The fourth-order valence-electron chi connectivity index (χ4n) is 2.84. The van der Waals surface area contributed by atoms with Gasteiger partial charge in [-0.05, 0) is 27.7 Å². The molecule has 0 bridgehead atoms. The topological polar surface area (TPSA) is 66.4 Å². The molecule has 3 rings (SSSR count). The van der Waals surface area contributed by atoms with Crippen LogP contribution in [0.15, 0.2) is 0 Å². The molecule has 0 aromatic heterocycles. The molecule has 6 nitrogen and oxygen atoms in total. The number of aliphatic hydroxyl groups excluding tert-OH is 1. The van der Waals surface area contributed by atoms with Crippen molar-refractivity contribution in [3.63, 3.8) is 0 Å². The Balaban J connectivity index is 1.86. The Morgan fingerprint density at radius 3 is 2.06 bits per heavy atom. The van der Waals surface area contributed by atoms with E-state index < -0.39 is 24.0 Å². The summed E-state index contributed by atoms with van der Waals surface area (Å²) in [6.45, 7) is 7.22. The molecule has 6 heteroatoms. The van der Waals surface area contributed by atoms with Gasteiger partial charge in [-0.3, -0.25) is 0 Å². The molecule has 0 unspecified atom stereocenters. The predicted octanol–water partition coefficient (Wildman–Crippen LogP) is 0.375. The van der Waals surface area contributed by atoms with Gasteiger partial charge < -0.3 is 28.8 Å². The van der Waals surface area contributed by atoms with Crippen LogP contribution in [0.25, 0.3) is 0 Å². The van der Waals surface area contributed by atoms with Gasteiger partial charge in [0.25, 0.3) is 0 Å². The molecule has 18 heavy (non-hydrogen) atoms. The summed E-state index contributed by atoms with van der Waals surface area (Å²) >= 11 is 0. The van der Waals surface area contributed by atoms with Crippen LogP contribution in [0.4, 0.5) is 0 Å². The van der Waals surface area contributed by atoms with Gasteiger partial charge in [-0.25, -0.2) is 0 Å². The van der Waals surface area contributed by atoms with Gasteiger partial charge >= 0.3 is 0 Å². The first kappa shape index (κ1) is 12.8. The second-order valence-corrected chi connectivity index (χ2v) is 5.89. The van der Waals surface area contributed by atoms with E-state index in [1.807, 2.05) is 27.7 Å². The largest absolute Gasteiger partial charge is 0.394 e. The minimum absolute atomic E-state index is 0.131. The lowest BCUT2D eigenvalue weighted by Crippen LogP contribution is -2.56. The number of aliphatic hydroxyl groups is 1. The number of rotatable bonds is 1. The van der Waals surface area contributed by atoms with E-state index in [4.69, 9.17) is 23.7 Å². The number of ether oxygens (including phenoxy) is 5. The second-order valence-electron chi connectivity index (χ2n) is 5.89. The molecule has 3 saturated heterocycles. The summed E-state index contributed by atoms with van der Waals surface area (Å²) in [6, 6.07) is 0. The fourth-order valence-corrected chi connectivity index (χ4v) is 2.84. The van der Waals surface area contributed by atoms with Crippen LogP contribution < -0.4 is 0 Å². The molecule has 1 N–H and O–H groups in total. The lowest BCUT2D eigenvalue weighted by atomic mass is 9.99. The Bertz CT molecular complexity index is 341. The molecule has 0 aromatic rings. The van der Waals surface area contributed by atoms with Crippen LogP contribution in [0.1, 0.15) is 27.7 Å². The van der Waals surface area contributed by atoms with Crippen LogP contribution >= 0.6 is 0 Å². The van der Waals surface area contributed by atoms with E-state index >= 15 is 0 Å². The zero-order valence-electron chi connectivity index (χ0n) is 11.1. The van der Waals surface area contributed by atoms with Crippen LogP contribution in [-0.4, -0.2) is 54.0 Å². The Kier molecular flexibility index (Phi) is 2.75. The average Bonchev–Trinajstić information content (AvgIpc) is 2.71. The molecular weight excluding hydrogens is 240 g/mol. The summed E-state index contributed by atoms with van der Waals surface area (Å²) in [5.74, 6) is -1.41. The Hall–Kier alpha value is -0.240. The highest BCUT2D eigenvalue weighted by Gasteiger charge is 2.60. The third-order valence-corrected chi connectivity index (χ3v) is 3.43. The summed E-state index contributed by atoms with van der Waals surface area (Å²) in [4.78, 5) is 0. The molecule has 0 saturated carbocycles. The number of hydrogen-bond acceptors (Lipinski definition) is 6. The van der Waals surface area contributed by atoms with E-state index in [9.17, 15) is 5.11 Å². The Morgan fingerprint density at radius 1 is 0.833 bits per heavy atom. The number of fused-ring (bicyclic) bond motifs is 3. The summed E-state index contributed by atoms with van der Waals surface area (Å²) in [5.41, 5.74) is 0. The zero-order valence-corrected chi connectivity index (χ0v) is 11.1. The lowest BCUT2D eigenvalue weighted by Gasteiger charge is -2.36.